The largest absolute Gasteiger partial charge is 0.392 e. The molecule has 2 aliphatic heterocycles. The fourth-order valence-electron chi connectivity index (χ4n) is 3.89. The van der Waals surface area contributed by atoms with Crippen LogP contribution in [0.2, 0.25) is 0 Å². The number of aliphatic hydroxyl groups is 3. The Hall–Kier alpha value is -2.56. The van der Waals surface area contributed by atoms with Crippen molar-refractivity contribution in [2.75, 3.05) is 65.9 Å². The molecule has 0 aromatic rings. The van der Waals surface area contributed by atoms with E-state index < -0.39 is 47.4 Å². The number of imide groups is 2. The number of nitrogens with zero attached hydrogens (tertiary/aromatic N) is 2. The van der Waals surface area contributed by atoms with Crippen LogP contribution in [0.3, 0.4) is 0 Å². The van der Waals surface area contributed by atoms with Gasteiger partial charge in [-0.05, 0) is 19.3 Å². The summed E-state index contributed by atoms with van der Waals surface area (Å²) in [5, 5.41) is 30.1. The van der Waals surface area contributed by atoms with E-state index in [4.69, 9.17) is 31.8 Å². The SMILES string of the molecule is [CH]OCC(COCCC(O)CN)(COCCC(O)CN1C(=O)C=CC1=O)COCCC(O)CN1C(=O)C=CC1=O. The number of amides is 4. The van der Waals surface area contributed by atoms with Crippen LogP contribution in [-0.2, 0) is 38.1 Å². The number of rotatable bonds is 22. The first-order valence-electron chi connectivity index (χ1n) is 13.0. The third-order valence-electron chi connectivity index (χ3n) is 6.26. The Kier molecular flexibility index (Phi) is 14.5. The monoisotopic (exact) mass is 569 g/mol. The summed E-state index contributed by atoms with van der Waals surface area (Å²) in [6, 6.07) is 0. The van der Waals surface area contributed by atoms with E-state index in [1.807, 2.05) is 0 Å². The number of ether oxygens (including phenoxy) is 4. The molecule has 4 amide bonds. The van der Waals surface area contributed by atoms with Gasteiger partial charge in [-0.25, -0.2) is 0 Å². The average molecular weight is 570 g/mol. The predicted molar refractivity (Wildman–Crippen MR) is 138 cm³/mol. The summed E-state index contributed by atoms with van der Waals surface area (Å²) in [5.41, 5.74) is 4.51. The standard InChI is InChI=1S/C26H39N3O11/c1-37-15-26(16-38-9-6-19(30)12-27,17-39-10-7-20(31)13-28-22(33)2-3-23(28)34)18-40-11-8-21(32)14-29-24(35)4-5-25(29)36/h1-5,19-21,30-32H,6-18,27H2. The Morgan fingerprint density at radius 3 is 1.35 bits per heavy atom. The van der Waals surface area contributed by atoms with Crippen LogP contribution in [0, 0.1) is 12.5 Å². The zero-order valence-electron chi connectivity index (χ0n) is 22.4. The molecule has 2 radical (unpaired) electrons. The Balaban J connectivity index is 1.85. The van der Waals surface area contributed by atoms with Gasteiger partial charge in [0.25, 0.3) is 23.6 Å². The molecule has 0 aromatic carbocycles. The van der Waals surface area contributed by atoms with Gasteiger partial charge in [0.15, 0.2) is 0 Å². The Labute approximate surface area is 233 Å². The predicted octanol–water partition coefficient (Wildman–Crippen LogP) is -2.23. The number of carbonyl (C=O) groups is 4. The van der Waals surface area contributed by atoms with Gasteiger partial charge in [-0.15, -0.1) is 0 Å². The lowest BCUT2D eigenvalue weighted by atomic mass is 9.92. The van der Waals surface area contributed by atoms with Gasteiger partial charge >= 0.3 is 0 Å². The molecule has 3 atom stereocenters. The van der Waals surface area contributed by atoms with E-state index in [2.05, 4.69) is 0 Å². The van der Waals surface area contributed by atoms with E-state index >= 15 is 0 Å². The molecule has 0 aliphatic carbocycles. The van der Waals surface area contributed by atoms with E-state index in [0.29, 0.717) is 6.42 Å². The van der Waals surface area contributed by atoms with Gasteiger partial charge in [0.2, 0.25) is 0 Å². The highest BCUT2D eigenvalue weighted by molar-refractivity contribution is 6.13. The molecule has 14 nitrogen and oxygen atoms in total. The van der Waals surface area contributed by atoms with Crippen LogP contribution in [0.1, 0.15) is 19.3 Å². The van der Waals surface area contributed by atoms with Gasteiger partial charge in [-0.1, -0.05) is 0 Å². The highest BCUT2D eigenvalue weighted by atomic mass is 16.5. The highest BCUT2D eigenvalue weighted by Crippen LogP contribution is 2.22. The molecule has 0 spiro atoms. The first-order valence-corrected chi connectivity index (χ1v) is 13.0. The summed E-state index contributed by atoms with van der Waals surface area (Å²) in [5.74, 6) is -1.95. The summed E-state index contributed by atoms with van der Waals surface area (Å²) in [6.45, 7) is 0.213. The zero-order valence-corrected chi connectivity index (χ0v) is 22.4. The molecule has 40 heavy (non-hydrogen) atoms. The molecule has 0 saturated carbocycles. The van der Waals surface area contributed by atoms with Gasteiger partial charge in [0, 0.05) is 50.7 Å². The molecule has 14 heteroatoms. The summed E-state index contributed by atoms with van der Waals surface area (Å²) in [6.07, 6.45) is 2.43. The molecule has 0 bridgehead atoms. The molecule has 0 aromatic heterocycles. The number of nitrogens with two attached hydrogens (primary N) is 1. The fraction of sp³-hybridized carbons (Fsp3) is 0.654. The van der Waals surface area contributed by atoms with Gasteiger partial charge in [0.1, 0.15) is 7.11 Å². The summed E-state index contributed by atoms with van der Waals surface area (Å²) >= 11 is 0. The molecule has 2 aliphatic rings. The highest BCUT2D eigenvalue weighted by Gasteiger charge is 2.33. The Morgan fingerprint density at radius 1 is 0.675 bits per heavy atom. The van der Waals surface area contributed by atoms with Crippen molar-refractivity contribution in [2.45, 2.75) is 37.6 Å². The zero-order chi connectivity index (χ0) is 29.5. The van der Waals surface area contributed by atoms with Crippen molar-refractivity contribution in [1.82, 2.24) is 9.80 Å². The number of hydrogen-bond donors (Lipinski definition) is 4. The summed E-state index contributed by atoms with van der Waals surface area (Å²) < 4.78 is 22.1. The van der Waals surface area contributed by atoms with Crippen LogP contribution in [0.5, 0.6) is 0 Å². The molecular weight excluding hydrogens is 530 g/mol. The van der Waals surface area contributed by atoms with E-state index in [1.54, 1.807) is 0 Å². The van der Waals surface area contributed by atoms with E-state index in [1.165, 1.54) is 0 Å². The van der Waals surface area contributed by atoms with Crippen molar-refractivity contribution in [2.24, 2.45) is 11.1 Å². The maximum Gasteiger partial charge on any atom is 0.253 e. The van der Waals surface area contributed by atoms with Crippen molar-refractivity contribution in [1.29, 1.82) is 0 Å². The number of β-amino-alcohol motifs (C(OH)–C–C–N with tert-alkyl or cyclic N) is 2. The lowest BCUT2D eigenvalue weighted by Crippen LogP contribution is -2.42. The molecule has 2 rings (SSSR count). The van der Waals surface area contributed by atoms with Crippen LogP contribution >= 0.6 is 0 Å². The van der Waals surface area contributed by atoms with E-state index in [0.717, 1.165) is 34.1 Å². The van der Waals surface area contributed by atoms with Crippen molar-refractivity contribution < 1.29 is 53.4 Å². The fourth-order valence-corrected chi connectivity index (χ4v) is 3.89. The van der Waals surface area contributed by atoms with Crippen molar-refractivity contribution in [3.63, 3.8) is 0 Å². The van der Waals surface area contributed by atoms with Crippen LogP contribution in [0.15, 0.2) is 24.3 Å². The maximum atomic E-state index is 11.7. The topological polar surface area (TPSA) is 198 Å². The van der Waals surface area contributed by atoms with Gasteiger partial charge < -0.3 is 40.0 Å². The van der Waals surface area contributed by atoms with Crippen molar-refractivity contribution in [3.05, 3.63) is 31.4 Å². The first-order chi connectivity index (χ1) is 19.1. The third kappa shape index (κ3) is 11.1. The second-order valence-corrected chi connectivity index (χ2v) is 9.77. The van der Waals surface area contributed by atoms with E-state index in [-0.39, 0.29) is 78.7 Å². The number of carbonyl (C=O) groups excluding carboxylic acids is 4. The van der Waals surface area contributed by atoms with Gasteiger partial charge in [-0.2, -0.15) is 0 Å². The summed E-state index contributed by atoms with van der Waals surface area (Å²) in [4.78, 5) is 48.6. The minimum absolute atomic E-state index is 0.0322. The van der Waals surface area contributed by atoms with Crippen LogP contribution in [0.4, 0.5) is 0 Å². The quantitative estimate of drug-likeness (QED) is 0.0810. The van der Waals surface area contributed by atoms with Crippen molar-refractivity contribution >= 4 is 23.6 Å². The summed E-state index contributed by atoms with van der Waals surface area (Å²) in [7, 11) is 5.37. The second-order valence-electron chi connectivity index (χ2n) is 9.77. The molecule has 5 N–H and O–H groups in total. The third-order valence-corrected chi connectivity index (χ3v) is 6.26. The average Bonchev–Trinajstić information content (AvgIpc) is 3.41. The Bertz CT molecular complexity index is 816. The van der Waals surface area contributed by atoms with Crippen LogP contribution < -0.4 is 5.73 Å². The molecule has 0 saturated heterocycles. The molecule has 2 heterocycles. The normalized spacial score (nSPS) is 19.1. The molecule has 0 fully saturated rings. The maximum absolute atomic E-state index is 11.7. The van der Waals surface area contributed by atoms with Crippen LogP contribution in [-0.4, -0.2) is 133 Å². The smallest absolute Gasteiger partial charge is 0.253 e. The van der Waals surface area contributed by atoms with Gasteiger partial charge in [-0.3, -0.25) is 29.0 Å². The molecular formula is C26H39N3O11. The Morgan fingerprint density at radius 2 is 1.02 bits per heavy atom. The minimum Gasteiger partial charge on any atom is -0.392 e. The minimum atomic E-state index is -0.996. The molecule has 224 valence electrons. The van der Waals surface area contributed by atoms with Crippen LogP contribution in [0.25, 0.3) is 0 Å². The van der Waals surface area contributed by atoms with Gasteiger partial charge in [0.05, 0.1) is 63.2 Å². The molecule has 3 unspecified atom stereocenters. The lowest BCUT2D eigenvalue weighted by Gasteiger charge is -2.33. The number of hydrogen-bond acceptors (Lipinski definition) is 12. The van der Waals surface area contributed by atoms with Crippen molar-refractivity contribution in [3.8, 4) is 0 Å². The second kappa shape index (κ2) is 17.3. The lowest BCUT2D eigenvalue weighted by molar-refractivity contribution is -0.140. The van der Waals surface area contributed by atoms with E-state index in [9.17, 15) is 34.5 Å². The number of aliphatic hydroxyl groups excluding tert-OH is 3. The first kappa shape index (κ1) is 33.6.